The van der Waals surface area contributed by atoms with Crippen LogP contribution in [0.1, 0.15) is 11.1 Å². The highest BCUT2D eigenvalue weighted by atomic mass is 14.3. The van der Waals surface area contributed by atoms with Crippen molar-refractivity contribution in [1.29, 1.82) is 0 Å². The van der Waals surface area contributed by atoms with E-state index in [4.69, 9.17) is 0 Å². The van der Waals surface area contributed by atoms with E-state index < -0.39 is 0 Å². The predicted octanol–water partition coefficient (Wildman–Crippen LogP) is 9.64. The molecule has 0 heterocycles. The number of fused-ring (bicyclic) bond motifs is 4. The van der Waals surface area contributed by atoms with Crippen molar-refractivity contribution in [2.75, 3.05) is 0 Å². The highest BCUT2D eigenvalue weighted by Gasteiger charge is 2.26. The van der Waals surface area contributed by atoms with Crippen molar-refractivity contribution >= 4 is 16.3 Å². The molecule has 7 rings (SSSR count). The Morgan fingerprint density at radius 3 is 1.78 bits per heavy atom. The molecule has 0 unspecified atom stereocenters. The molecule has 0 spiro atoms. The molecule has 5 aromatic carbocycles. The van der Waals surface area contributed by atoms with Gasteiger partial charge in [0, 0.05) is 0 Å². The van der Waals surface area contributed by atoms with Gasteiger partial charge in [-0.05, 0) is 78.6 Å². The van der Waals surface area contributed by atoms with Crippen LogP contribution in [0.4, 0.5) is 0 Å². The fraction of sp³-hybridized carbons (Fsp3) is 0. The molecular formula is C36H24. The Balaban J connectivity index is 1.47. The molecule has 0 fully saturated rings. The van der Waals surface area contributed by atoms with Crippen LogP contribution in [0.5, 0.6) is 0 Å². The summed E-state index contributed by atoms with van der Waals surface area (Å²) in [5.41, 5.74) is 12.7. The number of rotatable bonds is 2. The van der Waals surface area contributed by atoms with Crippen molar-refractivity contribution in [1.82, 2.24) is 0 Å². The van der Waals surface area contributed by atoms with Gasteiger partial charge in [0.05, 0.1) is 0 Å². The molecule has 0 bridgehead atoms. The van der Waals surface area contributed by atoms with E-state index in [9.17, 15) is 0 Å². The van der Waals surface area contributed by atoms with E-state index in [2.05, 4.69) is 146 Å². The minimum atomic E-state index is 1.24. The van der Waals surface area contributed by atoms with Gasteiger partial charge in [0.25, 0.3) is 0 Å². The summed E-state index contributed by atoms with van der Waals surface area (Å²) in [6.45, 7) is 0. The van der Waals surface area contributed by atoms with Gasteiger partial charge in [0.1, 0.15) is 0 Å². The van der Waals surface area contributed by atoms with Gasteiger partial charge in [0.2, 0.25) is 0 Å². The summed E-state index contributed by atoms with van der Waals surface area (Å²) in [5.74, 6) is 0. The highest BCUT2D eigenvalue weighted by Crippen LogP contribution is 2.49. The van der Waals surface area contributed by atoms with Crippen LogP contribution in [-0.4, -0.2) is 0 Å². The van der Waals surface area contributed by atoms with Crippen molar-refractivity contribution in [2.45, 2.75) is 0 Å². The van der Waals surface area contributed by atoms with E-state index in [0.29, 0.717) is 0 Å². The molecule has 5 aromatic rings. The zero-order valence-electron chi connectivity index (χ0n) is 19.9. The highest BCUT2D eigenvalue weighted by molar-refractivity contribution is 6.06. The molecule has 0 atom stereocenters. The third-order valence-electron chi connectivity index (χ3n) is 7.25. The molecule has 0 saturated carbocycles. The normalized spacial score (nSPS) is 13.7. The number of allylic oxidation sites excluding steroid dienone is 7. The Hall–Kier alpha value is -4.68. The molecule has 0 aromatic heterocycles. The topological polar surface area (TPSA) is 0 Å². The van der Waals surface area contributed by atoms with Crippen molar-refractivity contribution in [2.24, 2.45) is 0 Å². The van der Waals surface area contributed by atoms with Crippen LogP contribution in [0.15, 0.2) is 151 Å². The summed E-state index contributed by atoms with van der Waals surface area (Å²) < 4.78 is 0. The predicted molar refractivity (Wildman–Crippen MR) is 154 cm³/mol. The Bertz CT molecular complexity index is 1730. The number of benzene rings is 5. The number of hydrogen-bond donors (Lipinski definition) is 0. The zero-order chi connectivity index (χ0) is 23.9. The van der Waals surface area contributed by atoms with Crippen LogP contribution in [0.2, 0.25) is 0 Å². The second kappa shape index (κ2) is 8.52. The van der Waals surface area contributed by atoms with Gasteiger partial charge >= 0.3 is 0 Å². The van der Waals surface area contributed by atoms with Gasteiger partial charge in [-0.1, -0.05) is 134 Å². The first-order chi connectivity index (χ1) is 17.9. The first-order valence-corrected chi connectivity index (χ1v) is 12.5. The van der Waals surface area contributed by atoms with Crippen molar-refractivity contribution in [3.05, 3.63) is 162 Å². The Morgan fingerprint density at radius 1 is 0.361 bits per heavy atom. The van der Waals surface area contributed by atoms with Gasteiger partial charge < -0.3 is 0 Å². The lowest BCUT2D eigenvalue weighted by atomic mass is 9.92. The van der Waals surface area contributed by atoms with E-state index in [1.807, 2.05) is 0 Å². The molecule has 168 valence electrons. The van der Waals surface area contributed by atoms with Crippen molar-refractivity contribution < 1.29 is 0 Å². The van der Waals surface area contributed by atoms with E-state index >= 15 is 0 Å². The molecule has 0 nitrogen and oxygen atoms in total. The first kappa shape index (κ1) is 20.7. The van der Waals surface area contributed by atoms with E-state index in [-0.39, 0.29) is 0 Å². The Kier molecular flexibility index (Phi) is 4.89. The summed E-state index contributed by atoms with van der Waals surface area (Å²) in [6.07, 6.45) is 12.9. The summed E-state index contributed by atoms with van der Waals surface area (Å²) >= 11 is 0. The molecule has 2 aliphatic rings. The summed E-state index contributed by atoms with van der Waals surface area (Å²) in [7, 11) is 0. The van der Waals surface area contributed by atoms with Gasteiger partial charge in [-0.3, -0.25) is 0 Å². The largest absolute Gasteiger partial charge is 0.0622 e. The molecule has 0 heteroatoms. The fourth-order valence-corrected chi connectivity index (χ4v) is 5.55. The Morgan fingerprint density at radius 2 is 1.00 bits per heavy atom. The molecule has 0 saturated heterocycles. The lowest BCUT2D eigenvalue weighted by molar-refractivity contribution is 1.58. The molecule has 0 amide bonds. The molecule has 2 aliphatic carbocycles. The van der Waals surface area contributed by atoms with Crippen LogP contribution >= 0.6 is 0 Å². The van der Waals surface area contributed by atoms with E-state index in [0.717, 1.165) is 0 Å². The fourth-order valence-electron chi connectivity index (χ4n) is 5.55. The molecule has 0 aliphatic heterocycles. The van der Waals surface area contributed by atoms with E-state index in [1.165, 1.54) is 66.4 Å². The average molecular weight is 457 g/mol. The third kappa shape index (κ3) is 3.39. The lowest BCUT2D eigenvalue weighted by Crippen LogP contribution is -1.89. The minimum Gasteiger partial charge on any atom is -0.0622 e. The standard InChI is InChI=1S/C36H24/c1-2-5-15-27(14-4-1)36-34-23-28(25-11-6-3-7-12-25)19-21-32(34)33-22-20-29(24-35(33)36)31-18-10-16-26-13-8-9-17-30(26)31/h1-24H. The second-order valence-corrected chi connectivity index (χ2v) is 9.35. The van der Waals surface area contributed by atoms with Crippen molar-refractivity contribution in [3.8, 4) is 33.4 Å². The first-order valence-electron chi connectivity index (χ1n) is 12.5. The molecule has 0 radical (unpaired) electrons. The van der Waals surface area contributed by atoms with Crippen molar-refractivity contribution in [3.63, 3.8) is 0 Å². The molecular weight excluding hydrogens is 432 g/mol. The monoisotopic (exact) mass is 456 g/mol. The number of hydrogen-bond acceptors (Lipinski definition) is 0. The third-order valence-corrected chi connectivity index (χ3v) is 7.25. The van der Waals surface area contributed by atoms with Gasteiger partial charge in [-0.2, -0.15) is 0 Å². The zero-order valence-corrected chi connectivity index (χ0v) is 19.9. The molecule has 0 N–H and O–H groups in total. The lowest BCUT2D eigenvalue weighted by Gasteiger charge is -2.11. The quantitative estimate of drug-likeness (QED) is 0.243. The maximum atomic E-state index is 2.39. The van der Waals surface area contributed by atoms with Crippen LogP contribution in [0.3, 0.4) is 0 Å². The van der Waals surface area contributed by atoms with Gasteiger partial charge in [0.15, 0.2) is 0 Å². The maximum Gasteiger partial charge on any atom is -0.00259 e. The van der Waals surface area contributed by atoms with Crippen LogP contribution < -0.4 is 0 Å². The van der Waals surface area contributed by atoms with E-state index in [1.54, 1.807) is 0 Å². The van der Waals surface area contributed by atoms with Gasteiger partial charge in [-0.15, -0.1) is 0 Å². The minimum absolute atomic E-state index is 1.24. The summed E-state index contributed by atoms with van der Waals surface area (Å²) in [6, 6.07) is 39.8. The average Bonchev–Trinajstić information content (AvgIpc) is 3.06. The Labute approximate surface area is 211 Å². The SMILES string of the molecule is C1=CC=CC(=C2c3cc(-c4ccccc4)ccc3-c3ccc(-c4cccc5ccccc45)cc32)C=C1. The van der Waals surface area contributed by atoms with Crippen LogP contribution in [-0.2, 0) is 0 Å². The van der Waals surface area contributed by atoms with Crippen LogP contribution in [0.25, 0.3) is 49.7 Å². The smallest absolute Gasteiger partial charge is 0.00259 e. The molecule has 36 heavy (non-hydrogen) atoms. The summed E-state index contributed by atoms with van der Waals surface area (Å²) in [4.78, 5) is 0. The van der Waals surface area contributed by atoms with Crippen LogP contribution in [0, 0.1) is 0 Å². The summed E-state index contributed by atoms with van der Waals surface area (Å²) in [5, 5.41) is 2.56. The van der Waals surface area contributed by atoms with Gasteiger partial charge in [-0.25, -0.2) is 0 Å². The second-order valence-electron chi connectivity index (χ2n) is 9.35. The maximum absolute atomic E-state index is 2.39.